The van der Waals surface area contributed by atoms with Crippen molar-refractivity contribution in [3.05, 3.63) is 72.6 Å². The van der Waals surface area contributed by atoms with Crippen LogP contribution >= 0.6 is 0 Å². The van der Waals surface area contributed by atoms with E-state index in [1.165, 1.54) is 6.08 Å². The fraction of sp³-hybridized carbons (Fsp3) is 0.217. The molecule has 3 aromatic rings. The number of carbonyl (C=O) groups is 1. The van der Waals surface area contributed by atoms with E-state index < -0.39 is 0 Å². The van der Waals surface area contributed by atoms with Gasteiger partial charge in [0.05, 0.1) is 23.6 Å². The SMILES string of the molecule is Nc1ccccc1NC(=O)C=Cc1cccc(-c2cnn(C3CCNCC3)c2)c1. The molecule has 1 amide bonds. The molecule has 2 aromatic carbocycles. The molecule has 1 aromatic heterocycles. The molecular weight excluding hydrogens is 362 g/mol. The first-order valence-electron chi connectivity index (χ1n) is 9.88. The topological polar surface area (TPSA) is 85.0 Å². The number of nitrogens with two attached hydrogens (primary N) is 1. The lowest BCUT2D eigenvalue weighted by Crippen LogP contribution is -2.29. The first kappa shape index (κ1) is 19.0. The maximum atomic E-state index is 12.2. The van der Waals surface area contributed by atoms with Crippen LogP contribution in [0.5, 0.6) is 0 Å². The van der Waals surface area contributed by atoms with Crippen molar-refractivity contribution in [1.82, 2.24) is 15.1 Å². The zero-order chi connectivity index (χ0) is 20.1. The molecule has 0 bridgehead atoms. The predicted molar refractivity (Wildman–Crippen MR) is 117 cm³/mol. The molecule has 0 unspecified atom stereocenters. The number of aromatic nitrogens is 2. The van der Waals surface area contributed by atoms with Crippen molar-refractivity contribution in [2.24, 2.45) is 0 Å². The average molecular weight is 387 g/mol. The lowest BCUT2D eigenvalue weighted by Gasteiger charge is -2.22. The van der Waals surface area contributed by atoms with Gasteiger partial charge in [0.1, 0.15) is 0 Å². The maximum Gasteiger partial charge on any atom is 0.248 e. The third kappa shape index (κ3) is 4.73. The number of carbonyl (C=O) groups excluding carboxylic acids is 1. The number of benzene rings is 2. The second-order valence-electron chi connectivity index (χ2n) is 7.23. The molecule has 4 rings (SSSR count). The van der Waals surface area contributed by atoms with Gasteiger partial charge < -0.3 is 16.4 Å². The summed E-state index contributed by atoms with van der Waals surface area (Å²) < 4.78 is 2.08. The lowest BCUT2D eigenvalue weighted by atomic mass is 10.1. The minimum atomic E-state index is -0.216. The Bertz CT molecular complexity index is 1020. The highest BCUT2D eigenvalue weighted by Gasteiger charge is 2.16. The third-order valence-electron chi connectivity index (χ3n) is 5.15. The van der Waals surface area contributed by atoms with E-state index in [0.717, 1.165) is 42.6 Å². The molecule has 1 aliphatic heterocycles. The van der Waals surface area contributed by atoms with Crippen LogP contribution in [0.1, 0.15) is 24.4 Å². The number of hydrogen-bond donors (Lipinski definition) is 3. The highest BCUT2D eigenvalue weighted by atomic mass is 16.1. The fourth-order valence-electron chi connectivity index (χ4n) is 3.54. The monoisotopic (exact) mass is 387 g/mol. The van der Waals surface area contributed by atoms with E-state index in [0.29, 0.717) is 17.4 Å². The number of amides is 1. The molecule has 0 aliphatic carbocycles. The Kier molecular flexibility index (Phi) is 5.72. The first-order valence-corrected chi connectivity index (χ1v) is 9.88. The minimum absolute atomic E-state index is 0.216. The summed E-state index contributed by atoms with van der Waals surface area (Å²) in [5.74, 6) is -0.216. The molecule has 2 heterocycles. The van der Waals surface area contributed by atoms with Crippen LogP contribution in [-0.4, -0.2) is 28.8 Å². The third-order valence-corrected chi connectivity index (χ3v) is 5.15. The summed E-state index contributed by atoms with van der Waals surface area (Å²) in [5.41, 5.74) is 10.1. The summed E-state index contributed by atoms with van der Waals surface area (Å²) in [6, 6.07) is 15.8. The molecule has 4 N–H and O–H groups in total. The molecule has 0 spiro atoms. The molecule has 0 saturated carbocycles. The van der Waals surface area contributed by atoms with Gasteiger partial charge >= 0.3 is 0 Å². The minimum Gasteiger partial charge on any atom is -0.397 e. The van der Waals surface area contributed by atoms with E-state index in [9.17, 15) is 4.79 Å². The van der Waals surface area contributed by atoms with Crippen molar-refractivity contribution in [2.75, 3.05) is 24.1 Å². The Labute approximate surface area is 170 Å². The number of nitrogens with zero attached hydrogens (tertiary/aromatic N) is 2. The smallest absolute Gasteiger partial charge is 0.248 e. The quantitative estimate of drug-likeness (QED) is 0.460. The van der Waals surface area contributed by atoms with Crippen LogP contribution in [0, 0.1) is 0 Å². The van der Waals surface area contributed by atoms with Gasteiger partial charge in [-0.3, -0.25) is 9.48 Å². The van der Waals surface area contributed by atoms with E-state index in [4.69, 9.17) is 5.73 Å². The molecule has 1 fully saturated rings. The highest BCUT2D eigenvalue weighted by Crippen LogP contribution is 2.24. The molecule has 1 saturated heterocycles. The largest absolute Gasteiger partial charge is 0.397 e. The van der Waals surface area contributed by atoms with Gasteiger partial charge in [0.25, 0.3) is 0 Å². The van der Waals surface area contributed by atoms with Gasteiger partial charge in [-0.05, 0) is 61.3 Å². The number of hydrogen-bond acceptors (Lipinski definition) is 4. The molecule has 29 heavy (non-hydrogen) atoms. The summed E-state index contributed by atoms with van der Waals surface area (Å²) in [5, 5.41) is 10.8. The Morgan fingerprint density at radius 2 is 1.97 bits per heavy atom. The van der Waals surface area contributed by atoms with Crippen LogP contribution < -0.4 is 16.4 Å². The Morgan fingerprint density at radius 3 is 2.79 bits per heavy atom. The van der Waals surface area contributed by atoms with Gasteiger partial charge in [0.15, 0.2) is 0 Å². The molecule has 1 aliphatic rings. The second-order valence-corrected chi connectivity index (χ2v) is 7.23. The van der Waals surface area contributed by atoms with Crippen molar-refractivity contribution in [1.29, 1.82) is 0 Å². The van der Waals surface area contributed by atoms with E-state index >= 15 is 0 Å². The summed E-state index contributed by atoms with van der Waals surface area (Å²) in [7, 11) is 0. The second kappa shape index (κ2) is 8.75. The van der Waals surface area contributed by atoms with Crippen LogP contribution in [0.15, 0.2) is 67.0 Å². The van der Waals surface area contributed by atoms with Crippen LogP contribution in [-0.2, 0) is 4.79 Å². The average Bonchev–Trinajstić information content (AvgIpc) is 3.25. The van der Waals surface area contributed by atoms with Crippen LogP contribution in [0.2, 0.25) is 0 Å². The van der Waals surface area contributed by atoms with Crippen LogP contribution in [0.3, 0.4) is 0 Å². The first-order chi connectivity index (χ1) is 14.2. The van der Waals surface area contributed by atoms with E-state index in [1.807, 2.05) is 30.5 Å². The molecule has 6 nitrogen and oxygen atoms in total. The van der Waals surface area contributed by atoms with Gasteiger partial charge in [-0.25, -0.2) is 0 Å². The zero-order valence-electron chi connectivity index (χ0n) is 16.2. The van der Waals surface area contributed by atoms with E-state index in [2.05, 4.69) is 38.7 Å². The molecule has 148 valence electrons. The standard InChI is InChI=1S/C23H25N5O/c24-21-6-1-2-7-22(21)27-23(29)9-8-17-4-3-5-18(14-17)19-15-26-28(16-19)20-10-12-25-13-11-20/h1-9,14-16,20,25H,10-13,24H2,(H,27,29). The Morgan fingerprint density at radius 1 is 1.14 bits per heavy atom. The Hall–Kier alpha value is -3.38. The molecule has 0 radical (unpaired) electrons. The van der Waals surface area contributed by atoms with Gasteiger partial charge in [-0.2, -0.15) is 5.10 Å². The van der Waals surface area contributed by atoms with E-state index in [1.54, 1.807) is 18.2 Å². The fourth-order valence-corrected chi connectivity index (χ4v) is 3.54. The maximum absolute atomic E-state index is 12.2. The summed E-state index contributed by atoms with van der Waals surface area (Å²) in [4.78, 5) is 12.2. The van der Waals surface area contributed by atoms with Gasteiger partial charge in [-0.15, -0.1) is 0 Å². The van der Waals surface area contributed by atoms with Crippen molar-refractivity contribution in [3.8, 4) is 11.1 Å². The number of anilines is 2. The van der Waals surface area contributed by atoms with Gasteiger partial charge in [0.2, 0.25) is 5.91 Å². The molecule has 0 atom stereocenters. The Balaban J connectivity index is 1.45. The highest BCUT2D eigenvalue weighted by molar-refractivity contribution is 6.03. The molecular formula is C23H25N5O. The predicted octanol–water partition coefficient (Wildman–Crippen LogP) is 3.71. The van der Waals surface area contributed by atoms with E-state index in [-0.39, 0.29) is 5.91 Å². The number of nitrogen functional groups attached to an aromatic ring is 1. The van der Waals surface area contributed by atoms with Gasteiger partial charge in [0, 0.05) is 17.8 Å². The number of para-hydroxylation sites is 2. The summed E-state index contributed by atoms with van der Waals surface area (Å²) >= 11 is 0. The summed E-state index contributed by atoms with van der Waals surface area (Å²) in [6.07, 6.45) is 9.55. The van der Waals surface area contributed by atoms with Crippen molar-refractivity contribution in [3.63, 3.8) is 0 Å². The van der Waals surface area contributed by atoms with Crippen molar-refractivity contribution in [2.45, 2.75) is 18.9 Å². The number of piperidine rings is 1. The lowest BCUT2D eigenvalue weighted by molar-refractivity contribution is -0.111. The summed E-state index contributed by atoms with van der Waals surface area (Å²) in [6.45, 7) is 2.08. The van der Waals surface area contributed by atoms with Crippen LogP contribution in [0.4, 0.5) is 11.4 Å². The van der Waals surface area contributed by atoms with Crippen LogP contribution in [0.25, 0.3) is 17.2 Å². The number of nitrogens with one attached hydrogen (secondary N) is 2. The number of rotatable bonds is 5. The van der Waals surface area contributed by atoms with Crippen molar-refractivity contribution >= 4 is 23.4 Å². The zero-order valence-corrected chi connectivity index (χ0v) is 16.2. The van der Waals surface area contributed by atoms with Crippen molar-refractivity contribution < 1.29 is 4.79 Å². The van der Waals surface area contributed by atoms with Gasteiger partial charge in [-0.1, -0.05) is 30.3 Å². The molecule has 6 heteroatoms. The normalized spacial score (nSPS) is 14.9.